The molecule has 2 aromatic carbocycles. The highest BCUT2D eigenvalue weighted by Gasteiger charge is 2.44. The van der Waals surface area contributed by atoms with Crippen LogP contribution in [0.4, 0.5) is 4.79 Å². The highest BCUT2D eigenvalue weighted by molar-refractivity contribution is 5.81. The van der Waals surface area contributed by atoms with Crippen LogP contribution in [0.15, 0.2) is 48.5 Å². The Kier molecular flexibility index (Phi) is 4.17. The van der Waals surface area contributed by atoms with Gasteiger partial charge in [-0.05, 0) is 34.1 Å². The summed E-state index contributed by atoms with van der Waals surface area (Å²) < 4.78 is 5.62. The predicted octanol–water partition coefficient (Wildman–Crippen LogP) is 4.12. The first kappa shape index (κ1) is 17.6. The van der Waals surface area contributed by atoms with Crippen LogP contribution in [0.5, 0.6) is 0 Å². The number of carboxylic acid groups (broad SMARTS) is 1. The molecular formula is C22H23NO4. The van der Waals surface area contributed by atoms with Crippen molar-refractivity contribution in [3.8, 4) is 11.1 Å². The number of rotatable bonds is 3. The molecule has 0 radical (unpaired) electrons. The molecule has 0 saturated carbocycles. The van der Waals surface area contributed by atoms with Gasteiger partial charge in [0, 0.05) is 12.5 Å². The molecule has 0 aromatic heterocycles. The third-order valence-electron chi connectivity index (χ3n) is 5.58. The topological polar surface area (TPSA) is 66.8 Å². The van der Waals surface area contributed by atoms with Crippen LogP contribution >= 0.6 is 0 Å². The Hall–Kier alpha value is -2.82. The molecule has 27 heavy (non-hydrogen) atoms. The third kappa shape index (κ3) is 3.07. The Balaban J connectivity index is 1.54. The number of hydrogen-bond donors (Lipinski definition) is 1. The molecule has 2 aliphatic rings. The molecule has 1 fully saturated rings. The van der Waals surface area contributed by atoms with Crippen LogP contribution in [-0.4, -0.2) is 41.3 Å². The molecule has 1 aliphatic carbocycles. The number of amides is 1. The lowest BCUT2D eigenvalue weighted by molar-refractivity contribution is -0.141. The molecule has 140 valence electrons. The molecule has 5 heteroatoms. The molecule has 1 amide bonds. The van der Waals surface area contributed by atoms with Crippen LogP contribution in [0.1, 0.15) is 37.3 Å². The molecule has 5 nitrogen and oxygen atoms in total. The molecule has 0 spiro atoms. The number of carbonyl (C=O) groups excluding carboxylic acids is 1. The van der Waals surface area contributed by atoms with Crippen LogP contribution < -0.4 is 0 Å². The number of hydrogen-bond acceptors (Lipinski definition) is 3. The Labute approximate surface area is 158 Å². The molecule has 4 rings (SSSR count). The fraction of sp³-hybridized carbons (Fsp3) is 0.364. The van der Waals surface area contributed by atoms with Crippen LogP contribution in [0.25, 0.3) is 11.1 Å². The van der Waals surface area contributed by atoms with Gasteiger partial charge in [0.05, 0.1) is 0 Å². The minimum absolute atomic E-state index is 0.0276. The summed E-state index contributed by atoms with van der Waals surface area (Å²) in [5, 5.41) is 9.46. The van der Waals surface area contributed by atoms with Crippen molar-refractivity contribution in [3.05, 3.63) is 59.7 Å². The quantitative estimate of drug-likeness (QED) is 0.888. The van der Waals surface area contributed by atoms with Crippen LogP contribution in [-0.2, 0) is 9.53 Å². The highest BCUT2D eigenvalue weighted by atomic mass is 16.6. The summed E-state index contributed by atoms with van der Waals surface area (Å²) in [7, 11) is 0. The SMILES string of the molecule is CC1(C)CC(C(=O)O)N(C(=O)OCC2c3ccccc3-c3ccccc32)C1. The minimum atomic E-state index is -0.978. The second-order valence-electron chi connectivity index (χ2n) is 8.15. The maximum absolute atomic E-state index is 12.7. The smallest absolute Gasteiger partial charge is 0.410 e. The Bertz CT molecular complexity index is 859. The first-order chi connectivity index (χ1) is 12.9. The maximum atomic E-state index is 12.7. The van der Waals surface area contributed by atoms with Crippen molar-refractivity contribution in [1.29, 1.82) is 0 Å². The average Bonchev–Trinajstić information content (AvgIpc) is 3.14. The van der Waals surface area contributed by atoms with Gasteiger partial charge in [-0.15, -0.1) is 0 Å². The number of ether oxygens (including phenoxy) is 1. The fourth-order valence-electron chi connectivity index (χ4n) is 4.36. The van der Waals surface area contributed by atoms with Gasteiger partial charge in [0.15, 0.2) is 0 Å². The summed E-state index contributed by atoms with van der Waals surface area (Å²) in [4.78, 5) is 25.6. The number of benzene rings is 2. The van der Waals surface area contributed by atoms with Gasteiger partial charge in [-0.25, -0.2) is 9.59 Å². The van der Waals surface area contributed by atoms with E-state index in [2.05, 4.69) is 24.3 Å². The van der Waals surface area contributed by atoms with Crippen molar-refractivity contribution in [2.45, 2.75) is 32.2 Å². The lowest BCUT2D eigenvalue weighted by Crippen LogP contribution is -2.41. The summed E-state index contributed by atoms with van der Waals surface area (Å²) in [6.45, 7) is 4.54. The summed E-state index contributed by atoms with van der Waals surface area (Å²) in [5.41, 5.74) is 4.39. The molecule has 1 aliphatic heterocycles. The van der Waals surface area contributed by atoms with E-state index >= 15 is 0 Å². The zero-order valence-electron chi connectivity index (χ0n) is 15.5. The standard InChI is InChI=1S/C22H23NO4/c1-22(2)11-19(20(24)25)23(13-22)21(26)27-12-18-16-9-5-3-7-14(16)15-8-4-6-10-17(15)18/h3-10,18-19H,11-13H2,1-2H3,(H,24,25). The van der Waals surface area contributed by atoms with Gasteiger partial charge in [-0.1, -0.05) is 62.4 Å². The van der Waals surface area contributed by atoms with Gasteiger partial charge in [-0.2, -0.15) is 0 Å². The number of nitrogens with zero attached hydrogens (tertiary/aromatic N) is 1. The van der Waals surface area contributed by atoms with E-state index in [0.717, 1.165) is 11.1 Å². The van der Waals surface area contributed by atoms with Gasteiger partial charge >= 0.3 is 12.1 Å². The second kappa shape index (κ2) is 6.41. The predicted molar refractivity (Wildman–Crippen MR) is 102 cm³/mol. The largest absolute Gasteiger partial charge is 0.480 e. The van der Waals surface area contributed by atoms with Crippen molar-refractivity contribution in [3.63, 3.8) is 0 Å². The monoisotopic (exact) mass is 365 g/mol. The van der Waals surface area contributed by atoms with Crippen LogP contribution in [0.2, 0.25) is 0 Å². The zero-order valence-corrected chi connectivity index (χ0v) is 15.5. The van der Waals surface area contributed by atoms with E-state index < -0.39 is 18.1 Å². The van der Waals surface area contributed by atoms with Crippen molar-refractivity contribution in [1.82, 2.24) is 4.90 Å². The number of carboxylic acids is 1. The van der Waals surface area contributed by atoms with E-state index in [0.29, 0.717) is 13.0 Å². The molecule has 1 atom stereocenters. The van der Waals surface area contributed by atoms with Crippen molar-refractivity contribution in [2.75, 3.05) is 13.2 Å². The molecule has 0 bridgehead atoms. The lowest BCUT2D eigenvalue weighted by atomic mass is 9.91. The van der Waals surface area contributed by atoms with Gasteiger partial charge in [0.1, 0.15) is 12.6 Å². The van der Waals surface area contributed by atoms with Crippen molar-refractivity contribution >= 4 is 12.1 Å². The Morgan fingerprint density at radius 1 is 1.07 bits per heavy atom. The number of carbonyl (C=O) groups is 2. The van der Waals surface area contributed by atoms with E-state index in [1.165, 1.54) is 16.0 Å². The molecule has 1 N–H and O–H groups in total. The Morgan fingerprint density at radius 2 is 1.63 bits per heavy atom. The number of fused-ring (bicyclic) bond motifs is 3. The molecular weight excluding hydrogens is 342 g/mol. The van der Waals surface area contributed by atoms with Crippen LogP contribution in [0, 0.1) is 5.41 Å². The van der Waals surface area contributed by atoms with E-state index in [1.807, 2.05) is 38.1 Å². The van der Waals surface area contributed by atoms with Gasteiger partial charge < -0.3 is 9.84 Å². The number of likely N-dealkylation sites (tertiary alicyclic amines) is 1. The lowest BCUT2D eigenvalue weighted by Gasteiger charge is -2.23. The number of aliphatic carboxylic acids is 1. The van der Waals surface area contributed by atoms with E-state index in [9.17, 15) is 14.7 Å². The molecule has 1 heterocycles. The average molecular weight is 365 g/mol. The normalized spacial score (nSPS) is 20.2. The van der Waals surface area contributed by atoms with E-state index in [1.54, 1.807) is 0 Å². The van der Waals surface area contributed by atoms with E-state index in [4.69, 9.17) is 4.74 Å². The van der Waals surface area contributed by atoms with Gasteiger partial charge in [-0.3, -0.25) is 4.90 Å². The minimum Gasteiger partial charge on any atom is -0.480 e. The zero-order chi connectivity index (χ0) is 19.2. The molecule has 1 unspecified atom stereocenters. The highest BCUT2D eigenvalue weighted by Crippen LogP contribution is 2.44. The fourth-order valence-corrected chi connectivity index (χ4v) is 4.36. The van der Waals surface area contributed by atoms with Crippen molar-refractivity contribution in [2.24, 2.45) is 5.41 Å². The summed E-state index contributed by atoms with van der Waals surface area (Å²) in [6.07, 6.45) is -0.109. The van der Waals surface area contributed by atoms with E-state index in [-0.39, 0.29) is 17.9 Å². The van der Waals surface area contributed by atoms with Crippen molar-refractivity contribution < 1.29 is 19.4 Å². The van der Waals surface area contributed by atoms with Gasteiger partial charge in [0.2, 0.25) is 0 Å². The summed E-state index contributed by atoms with van der Waals surface area (Å²) in [6, 6.07) is 15.5. The summed E-state index contributed by atoms with van der Waals surface area (Å²) >= 11 is 0. The first-order valence-corrected chi connectivity index (χ1v) is 9.22. The van der Waals surface area contributed by atoms with Crippen LogP contribution in [0.3, 0.4) is 0 Å². The Morgan fingerprint density at radius 3 is 2.19 bits per heavy atom. The first-order valence-electron chi connectivity index (χ1n) is 9.22. The second-order valence-corrected chi connectivity index (χ2v) is 8.15. The third-order valence-corrected chi connectivity index (χ3v) is 5.58. The molecule has 1 saturated heterocycles. The molecule has 2 aromatic rings. The maximum Gasteiger partial charge on any atom is 0.410 e. The van der Waals surface area contributed by atoms with Gasteiger partial charge in [0.25, 0.3) is 0 Å². The summed E-state index contributed by atoms with van der Waals surface area (Å²) in [5.74, 6) is -1.01.